The van der Waals surface area contributed by atoms with Gasteiger partial charge in [-0.2, -0.15) is 5.26 Å². The first-order valence-corrected chi connectivity index (χ1v) is 8.46. The lowest BCUT2D eigenvalue weighted by atomic mass is 10.1. The summed E-state index contributed by atoms with van der Waals surface area (Å²) < 4.78 is 1.94. The van der Waals surface area contributed by atoms with Crippen LogP contribution in [0.5, 0.6) is 0 Å². The lowest BCUT2D eigenvalue weighted by molar-refractivity contribution is -0.112. The van der Waals surface area contributed by atoms with E-state index in [1.807, 2.05) is 90.5 Å². The second kappa shape index (κ2) is 8.00. The summed E-state index contributed by atoms with van der Waals surface area (Å²) in [6, 6.07) is 23.2. The van der Waals surface area contributed by atoms with E-state index < -0.39 is 5.91 Å². The van der Waals surface area contributed by atoms with Crippen LogP contribution in [0.1, 0.15) is 18.2 Å². The number of carbonyl (C=O) groups is 1. The van der Waals surface area contributed by atoms with Crippen molar-refractivity contribution >= 4 is 17.7 Å². The molecular formula is C22H19N3O. The monoisotopic (exact) mass is 341 g/mol. The van der Waals surface area contributed by atoms with E-state index in [1.54, 1.807) is 6.08 Å². The van der Waals surface area contributed by atoms with Gasteiger partial charge in [0.2, 0.25) is 0 Å². The molecule has 26 heavy (non-hydrogen) atoms. The molecule has 3 rings (SSSR count). The van der Waals surface area contributed by atoms with Crippen LogP contribution in [0.4, 0.5) is 5.69 Å². The molecule has 0 saturated carbocycles. The normalized spacial score (nSPS) is 11.0. The van der Waals surface area contributed by atoms with Crippen molar-refractivity contribution in [3.63, 3.8) is 0 Å². The molecule has 0 aliphatic heterocycles. The Balaban J connectivity index is 1.89. The molecule has 0 aliphatic rings. The molecule has 4 nitrogen and oxygen atoms in total. The van der Waals surface area contributed by atoms with Crippen LogP contribution in [0.2, 0.25) is 0 Å². The van der Waals surface area contributed by atoms with E-state index in [4.69, 9.17) is 0 Å². The SMILES string of the molecule is CCc1ccccc1NC(=O)/C(C#N)=C\c1cccn1-c1ccccc1. The molecule has 1 heterocycles. The molecule has 1 aromatic heterocycles. The van der Waals surface area contributed by atoms with Crippen molar-refractivity contribution in [1.29, 1.82) is 5.26 Å². The third-order valence-corrected chi connectivity index (χ3v) is 4.12. The van der Waals surface area contributed by atoms with Gasteiger partial charge in [-0.1, -0.05) is 43.3 Å². The van der Waals surface area contributed by atoms with Crippen LogP contribution >= 0.6 is 0 Å². The van der Waals surface area contributed by atoms with Crippen LogP contribution in [-0.2, 0) is 11.2 Å². The Morgan fingerprint density at radius 3 is 2.54 bits per heavy atom. The topological polar surface area (TPSA) is 57.8 Å². The Kier molecular flexibility index (Phi) is 5.31. The molecule has 2 aromatic carbocycles. The number of benzene rings is 2. The van der Waals surface area contributed by atoms with Gasteiger partial charge in [0.05, 0.1) is 0 Å². The molecule has 0 bridgehead atoms. The number of para-hydroxylation sites is 2. The molecular weight excluding hydrogens is 322 g/mol. The first-order valence-electron chi connectivity index (χ1n) is 8.46. The number of nitrogens with one attached hydrogen (secondary N) is 1. The molecule has 4 heteroatoms. The second-order valence-corrected chi connectivity index (χ2v) is 5.77. The summed E-state index contributed by atoms with van der Waals surface area (Å²) in [4.78, 5) is 12.6. The zero-order chi connectivity index (χ0) is 18.4. The average Bonchev–Trinajstić information content (AvgIpc) is 3.15. The summed E-state index contributed by atoms with van der Waals surface area (Å²) in [5, 5.41) is 12.3. The fourth-order valence-electron chi connectivity index (χ4n) is 2.77. The van der Waals surface area contributed by atoms with Gasteiger partial charge in [0.15, 0.2) is 0 Å². The summed E-state index contributed by atoms with van der Waals surface area (Å²) in [6.07, 6.45) is 4.32. The van der Waals surface area contributed by atoms with Crippen molar-refractivity contribution in [2.75, 3.05) is 5.32 Å². The molecule has 0 radical (unpaired) electrons. The molecule has 0 aliphatic carbocycles. The second-order valence-electron chi connectivity index (χ2n) is 5.77. The van der Waals surface area contributed by atoms with E-state index in [9.17, 15) is 10.1 Å². The molecule has 3 aromatic rings. The number of hydrogen-bond acceptors (Lipinski definition) is 2. The smallest absolute Gasteiger partial charge is 0.266 e. The highest BCUT2D eigenvalue weighted by molar-refractivity contribution is 6.09. The summed E-state index contributed by atoms with van der Waals surface area (Å²) in [5.74, 6) is -0.408. The summed E-state index contributed by atoms with van der Waals surface area (Å²) >= 11 is 0. The largest absolute Gasteiger partial charge is 0.321 e. The predicted octanol–water partition coefficient (Wildman–Crippen LogP) is 4.59. The van der Waals surface area contributed by atoms with Crippen LogP contribution in [0.15, 0.2) is 78.5 Å². The fourth-order valence-corrected chi connectivity index (χ4v) is 2.77. The maximum Gasteiger partial charge on any atom is 0.266 e. The highest BCUT2D eigenvalue weighted by atomic mass is 16.1. The summed E-state index contributed by atoms with van der Waals surface area (Å²) in [5.41, 5.74) is 3.57. The van der Waals surface area contributed by atoms with Crippen LogP contribution in [-0.4, -0.2) is 10.5 Å². The van der Waals surface area contributed by atoms with Crippen LogP contribution < -0.4 is 5.32 Å². The zero-order valence-electron chi connectivity index (χ0n) is 14.5. The van der Waals surface area contributed by atoms with Gasteiger partial charge in [0.25, 0.3) is 5.91 Å². The number of rotatable bonds is 5. The van der Waals surface area contributed by atoms with Crippen molar-refractivity contribution in [3.05, 3.63) is 89.8 Å². The van der Waals surface area contributed by atoms with Gasteiger partial charge in [-0.3, -0.25) is 4.79 Å². The van der Waals surface area contributed by atoms with Crippen LogP contribution in [0, 0.1) is 11.3 Å². The third kappa shape index (κ3) is 3.73. The number of aromatic nitrogens is 1. The fraction of sp³-hybridized carbons (Fsp3) is 0.0909. The van der Waals surface area contributed by atoms with Gasteiger partial charge in [-0.05, 0) is 48.4 Å². The maximum absolute atomic E-state index is 12.6. The number of amides is 1. The zero-order valence-corrected chi connectivity index (χ0v) is 14.5. The molecule has 128 valence electrons. The molecule has 0 saturated heterocycles. The summed E-state index contributed by atoms with van der Waals surface area (Å²) in [7, 11) is 0. The molecule has 1 amide bonds. The van der Waals surface area contributed by atoms with Crippen molar-refractivity contribution in [3.8, 4) is 11.8 Å². The number of hydrogen-bond donors (Lipinski definition) is 1. The molecule has 0 atom stereocenters. The lowest BCUT2D eigenvalue weighted by Gasteiger charge is -2.10. The minimum Gasteiger partial charge on any atom is -0.321 e. The van der Waals surface area contributed by atoms with Gasteiger partial charge in [-0.25, -0.2) is 0 Å². The van der Waals surface area contributed by atoms with Crippen molar-refractivity contribution in [2.45, 2.75) is 13.3 Å². The van der Waals surface area contributed by atoms with Crippen LogP contribution in [0.25, 0.3) is 11.8 Å². The van der Waals surface area contributed by atoms with E-state index >= 15 is 0 Å². The Bertz CT molecular complexity index is 978. The Hall–Kier alpha value is -3.58. The van der Waals surface area contributed by atoms with Gasteiger partial charge in [0, 0.05) is 23.3 Å². The average molecular weight is 341 g/mol. The highest BCUT2D eigenvalue weighted by Gasteiger charge is 2.12. The Labute approximate surface area is 153 Å². The van der Waals surface area contributed by atoms with Gasteiger partial charge in [-0.15, -0.1) is 0 Å². The number of nitriles is 1. The molecule has 0 spiro atoms. The Morgan fingerprint density at radius 1 is 1.08 bits per heavy atom. The van der Waals surface area contributed by atoms with E-state index in [0.717, 1.165) is 29.1 Å². The standard InChI is InChI=1S/C22H19N3O/c1-2-17-9-6-7-13-21(17)24-22(26)18(16-23)15-20-12-8-14-25(20)19-10-4-3-5-11-19/h3-15H,2H2,1H3,(H,24,26)/b18-15-. The molecule has 0 fully saturated rings. The molecule has 0 unspecified atom stereocenters. The minimum absolute atomic E-state index is 0.0618. The van der Waals surface area contributed by atoms with E-state index in [1.165, 1.54) is 0 Å². The lowest BCUT2D eigenvalue weighted by Crippen LogP contribution is -2.15. The highest BCUT2D eigenvalue weighted by Crippen LogP contribution is 2.18. The summed E-state index contributed by atoms with van der Waals surface area (Å²) in [6.45, 7) is 2.03. The van der Waals surface area contributed by atoms with Gasteiger partial charge >= 0.3 is 0 Å². The third-order valence-electron chi connectivity index (χ3n) is 4.12. The van der Waals surface area contributed by atoms with E-state index in [0.29, 0.717) is 0 Å². The first-order chi connectivity index (χ1) is 12.7. The van der Waals surface area contributed by atoms with Crippen molar-refractivity contribution in [2.24, 2.45) is 0 Å². The number of anilines is 1. The first kappa shape index (κ1) is 17.2. The van der Waals surface area contributed by atoms with Gasteiger partial charge < -0.3 is 9.88 Å². The van der Waals surface area contributed by atoms with Crippen molar-refractivity contribution in [1.82, 2.24) is 4.57 Å². The number of nitrogens with zero attached hydrogens (tertiary/aromatic N) is 2. The molecule has 1 N–H and O–H groups in total. The predicted molar refractivity (Wildman–Crippen MR) is 104 cm³/mol. The quantitative estimate of drug-likeness (QED) is 0.545. The Morgan fingerprint density at radius 2 is 1.81 bits per heavy atom. The van der Waals surface area contributed by atoms with Crippen LogP contribution in [0.3, 0.4) is 0 Å². The van der Waals surface area contributed by atoms with E-state index in [2.05, 4.69) is 5.32 Å². The van der Waals surface area contributed by atoms with Crippen molar-refractivity contribution < 1.29 is 4.79 Å². The number of carbonyl (C=O) groups excluding carboxylic acids is 1. The van der Waals surface area contributed by atoms with Gasteiger partial charge in [0.1, 0.15) is 11.6 Å². The number of aryl methyl sites for hydroxylation is 1. The maximum atomic E-state index is 12.6. The minimum atomic E-state index is -0.408. The van der Waals surface area contributed by atoms with E-state index in [-0.39, 0.29) is 5.57 Å².